The predicted molar refractivity (Wildman–Crippen MR) is 59.9 cm³/mol. The average molecular weight is 308 g/mol. The first-order valence-electron chi connectivity index (χ1n) is 4.66. The summed E-state index contributed by atoms with van der Waals surface area (Å²) >= 11 is 7.02. The van der Waals surface area contributed by atoms with Gasteiger partial charge >= 0.3 is 0 Å². The summed E-state index contributed by atoms with van der Waals surface area (Å²) in [4.78, 5) is 4.46. The molecular formula is C9H12Br2N2. The molecule has 0 spiro atoms. The smallest absolute Gasteiger partial charge is 0.139 e. The Morgan fingerprint density at radius 3 is 2.62 bits per heavy atom. The highest BCUT2D eigenvalue weighted by molar-refractivity contribution is 9.13. The average Bonchev–Trinajstić information content (AvgIpc) is 2.29. The predicted octanol–water partition coefficient (Wildman–Crippen LogP) is 3.70. The van der Waals surface area contributed by atoms with Gasteiger partial charge in [-0.3, -0.25) is 0 Å². The molecule has 2 rings (SSSR count). The van der Waals surface area contributed by atoms with Gasteiger partial charge in [0.1, 0.15) is 15.0 Å². The Labute approximate surface area is 95.0 Å². The van der Waals surface area contributed by atoms with Crippen molar-refractivity contribution in [3.05, 3.63) is 15.0 Å². The summed E-state index contributed by atoms with van der Waals surface area (Å²) < 4.78 is 4.37. The van der Waals surface area contributed by atoms with Crippen LogP contribution in [0.4, 0.5) is 0 Å². The van der Waals surface area contributed by atoms with E-state index in [-0.39, 0.29) is 0 Å². The summed E-state index contributed by atoms with van der Waals surface area (Å²) in [6, 6.07) is 0.683. The molecule has 0 saturated heterocycles. The van der Waals surface area contributed by atoms with Gasteiger partial charge in [-0.1, -0.05) is 6.92 Å². The van der Waals surface area contributed by atoms with Gasteiger partial charge in [0.15, 0.2) is 0 Å². The van der Waals surface area contributed by atoms with E-state index in [1.165, 1.54) is 25.1 Å². The molecule has 13 heavy (non-hydrogen) atoms. The van der Waals surface area contributed by atoms with Crippen LogP contribution in [0, 0.1) is 0 Å². The number of hydrogen-bond acceptors (Lipinski definition) is 1. The van der Waals surface area contributed by atoms with Crippen LogP contribution in [-0.2, 0) is 6.42 Å². The van der Waals surface area contributed by atoms with Gasteiger partial charge in [0.2, 0.25) is 0 Å². The Morgan fingerprint density at radius 2 is 2.15 bits per heavy atom. The van der Waals surface area contributed by atoms with Crippen LogP contribution in [0.2, 0.25) is 0 Å². The van der Waals surface area contributed by atoms with Crippen LogP contribution in [0.3, 0.4) is 0 Å². The van der Waals surface area contributed by atoms with Crippen LogP contribution < -0.4 is 0 Å². The van der Waals surface area contributed by atoms with Crippen molar-refractivity contribution in [3.8, 4) is 0 Å². The minimum Gasteiger partial charge on any atom is -0.319 e. The van der Waals surface area contributed by atoms with Crippen molar-refractivity contribution in [2.45, 2.75) is 38.6 Å². The number of hydrogen-bond donors (Lipinski definition) is 0. The third kappa shape index (κ3) is 1.59. The van der Waals surface area contributed by atoms with E-state index >= 15 is 0 Å². The third-order valence-corrected chi connectivity index (χ3v) is 4.49. The van der Waals surface area contributed by atoms with Gasteiger partial charge in [-0.25, -0.2) is 4.98 Å². The number of aromatic nitrogens is 2. The number of rotatable bonds is 2. The number of imidazole rings is 1. The summed E-state index contributed by atoms with van der Waals surface area (Å²) in [5.41, 5.74) is 0. The fourth-order valence-electron chi connectivity index (χ4n) is 1.69. The second-order valence-corrected chi connectivity index (χ2v) is 4.92. The van der Waals surface area contributed by atoms with Gasteiger partial charge in [0, 0.05) is 12.5 Å². The summed E-state index contributed by atoms with van der Waals surface area (Å²) in [5.74, 6) is 1.18. The van der Waals surface area contributed by atoms with Crippen molar-refractivity contribution in [1.82, 2.24) is 9.55 Å². The quantitative estimate of drug-likeness (QED) is 0.814. The van der Waals surface area contributed by atoms with E-state index in [2.05, 4.69) is 48.3 Å². The van der Waals surface area contributed by atoms with E-state index in [1.54, 1.807) is 0 Å². The molecule has 0 unspecified atom stereocenters. The molecule has 1 aliphatic rings. The molecule has 4 heteroatoms. The van der Waals surface area contributed by atoms with Crippen molar-refractivity contribution in [1.29, 1.82) is 0 Å². The van der Waals surface area contributed by atoms with E-state index in [1.807, 2.05) is 0 Å². The number of halogens is 2. The molecule has 0 atom stereocenters. The standard InChI is InChI=1S/C9H12Br2N2/c1-2-7-12-8(10)9(11)13(7)6-4-3-5-6/h6H,2-5H2,1H3. The highest BCUT2D eigenvalue weighted by atomic mass is 79.9. The molecule has 0 N–H and O–H groups in total. The van der Waals surface area contributed by atoms with Crippen LogP contribution in [0.15, 0.2) is 9.21 Å². The number of aryl methyl sites for hydroxylation is 1. The Balaban J connectivity index is 2.39. The zero-order valence-electron chi connectivity index (χ0n) is 7.56. The van der Waals surface area contributed by atoms with Gasteiger partial charge in [-0.15, -0.1) is 0 Å². The monoisotopic (exact) mass is 306 g/mol. The van der Waals surface area contributed by atoms with Crippen molar-refractivity contribution in [2.75, 3.05) is 0 Å². The summed E-state index contributed by atoms with van der Waals surface area (Å²) in [6.07, 6.45) is 4.96. The summed E-state index contributed by atoms with van der Waals surface area (Å²) in [5, 5.41) is 0. The molecule has 1 heterocycles. The molecule has 1 fully saturated rings. The molecule has 0 amide bonds. The molecule has 0 bridgehead atoms. The Morgan fingerprint density at radius 1 is 1.46 bits per heavy atom. The van der Waals surface area contributed by atoms with Crippen LogP contribution >= 0.6 is 31.9 Å². The highest BCUT2D eigenvalue weighted by Gasteiger charge is 2.25. The zero-order valence-corrected chi connectivity index (χ0v) is 10.7. The lowest BCUT2D eigenvalue weighted by molar-refractivity contribution is 0.302. The van der Waals surface area contributed by atoms with Gasteiger partial charge in [0.25, 0.3) is 0 Å². The summed E-state index contributed by atoms with van der Waals surface area (Å²) in [7, 11) is 0. The normalized spacial score (nSPS) is 17.5. The fraction of sp³-hybridized carbons (Fsp3) is 0.667. The minimum absolute atomic E-state index is 0.683. The van der Waals surface area contributed by atoms with E-state index in [0.717, 1.165) is 15.6 Å². The molecule has 72 valence electrons. The van der Waals surface area contributed by atoms with Crippen LogP contribution in [0.1, 0.15) is 38.1 Å². The van der Waals surface area contributed by atoms with Gasteiger partial charge in [-0.2, -0.15) is 0 Å². The van der Waals surface area contributed by atoms with Gasteiger partial charge in [0.05, 0.1) is 0 Å². The Kier molecular flexibility index (Phi) is 2.79. The second-order valence-electron chi connectivity index (χ2n) is 3.42. The molecule has 1 saturated carbocycles. The Hall–Kier alpha value is 0.170. The van der Waals surface area contributed by atoms with Crippen LogP contribution in [0.25, 0.3) is 0 Å². The maximum absolute atomic E-state index is 4.46. The maximum Gasteiger partial charge on any atom is 0.139 e. The van der Waals surface area contributed by atoms with Gasteiger partial charge < -0.3 is 4.57 Å². The molecule has 2 nitrogen and oxygen atoms in total. The molecule has 0 aromatic carbocycles. The lowest BCUT2D eigenvalue weighted by atomic mass is 9.93. The van der Waals surface area contributed by atoms with Crippen molar-refractivity contribution >= 4 is 31.9 Å². The van der Waals surface area contributed by atoms with Crippen LogP contribution in [-0.4, -0.2) is 9.55 Å². The van der Waals surface area contributed by atoms with Crippen LogP contribution in [0.5, 0.6) is 0 Å². The molecule has 1 aromatic heterocycles. The molecular weight excluding hydrogens is 296 g/mol. The first-order valence-corrected chi connectivity index (χ1v) is 6.24. The molecule has 0 aliphatic heterocycles. The first kappa shape index (κ1) is 9.71. The van der Waals surface area contributed by atoms with Crippen molar-refractivity contribution < 1.29 is 0 Å². The third-order valence-electron chi connectivity index (χ3n) is 2.64. The lowest BCUT2D eigenvalue weighted by Crippen LogP contribution is -2.19. The SMILES string of the molecule is CCc1nc(Br)c(Br)n1C1CCC1. The van der Waals surface area contributed by atoms with Crippen molar-refractivity contribution in [2.24, 2.45) is 0 Å². The topological polar surface area (TPSA) is 17.8 Å². The molecule has 1 aliphatic carbocycles. The van der Waals surface area contributed by atoms with E-state index < -0.39 is 0 Å². The molecule has 1 aromatic rings. The fourth-order valence-corrected chi connectivity index (χ4v) is 2.67. The second kappa shape index (κ2) is 3.73. The number of nitrogens with zero attached hydrogens (tertiary/aromatic N) is 2. The Bertz CT molecular complexity index is 316. The largest absolute Gasteiger partial charge is 0.319 e. The molecule has 0 radical (unpaired) electrons. The van der Waals surface area contributed by atoms with E-state index in [4.69, 9.17) is 0 Å². The van der Waals surface area contributed by atoms with E-state index in [0.29, 0.717) is 6.04 Å². The first-order chi connectivity index (χ1) is 6.24. The van der Waals surface area contributed by atoms with E-state index in [9.17, 15) is 0 Å². The zero-order chi connectivity index (χ0) is 9.42. The van der Waals surface area contributed by atoms with Gasteiger partial charge in [-0.05, 0) is 51.1 Å². The highest BCUT2D eigenvalue weighted by Crippen LogP contribution is 2.37. The lowest BCUT2D eigenvalue weighted by Gasteiger charge is -2.29. The maximum atomic E-state index is 4.46. The van der Waals surface area contributed by atoms with Crippen molar-refractivity contribution in [3.63, 3.8) is 0 Å². The minimum atomic E-state index is 0.683. The summed E-state index contributed by atoms with van der Waals surface area (Å²) in [6.45, 7) is 2.15.